The maximum Gasteiger partial charge on any atom is 0.256 e. The molecule has 0 aromatic heterocycles. The number of anilines is 1. The minimum atomic E-state index is -0.386. The second kappa shape index (κ2) is 6.50. The first-order valence-corrected chi connectivity index (χ1v) is 7.69. The number of nitrogens with one attached hydrogen (secondary N) is 1. The van der Waals surface area contributed by atoms with Crippen molar-refractivity contribution in [3.63, 3.8) is 0 Å². The largest absolute Gasteiger partial charge is 0.322 e. The molecule has 2 nitrogen and oxygen atoms in total. The quantitative estimate of drug-likeness (QED) is 0.696. The highest BCUT2D eigenvalue weighted by molar-refractivity contribution is 9.10. The van der Waals surface area contributed by atoms with Crippen LogP contribution in [0.5, 0.6) is 0 Å². The Balaban J connectivity index is 2.28. The van der Waals surface area contributed by atoms with Crippen molar-refractivity contribution in [3.8, 4) is 0 Å². The Labute approximate surface area is 133 Å². The molecule has 5 heteroatoms. The van der Waals surface area contributed by atoms with Crippen LogP contribution in [0.1, 0.15) is 27.7 Å². The van der Waals surface area contributed by atoms with Crippen molar-refractivity contribution in [1.29, 1.82) is 0 Å². The first kappa shape index (κ1) is 15.2. The van der Waals surface area contributed by atoms with Crippen molar-refractivity contribution in [2.45, 2.75) is 11.8 Å². The van der Waals surface area contributed by atoms with Gasteiger partial charge in [0.25, 0.3) is 5.91 Å². The van der Waals surface area contributed by atoms with E-state index in [4.69, 9.17) is 0 Å². The molecule has 20 heavy (non-hydrogen) atoms. The molecule has 0 saturated carbocycles. The van der Waals surface area contributed by atoms with Crippen molar-refractivity contribution in [2.75, 3.05) is 5.32 Å². The first-order chi connectivity index (χ1) is 9.49. The van der Waals surface area contributed by atoms with E-state index in [1.54, 1.807) is 0 Å². The summed E-state index contributed by atoms with van der Waals surface area (Å²) in [5.41, 5.74) is 2.11. The van der Waals surface area contributed by atoms with E-state index >= 15 is 0 Å². The van der Waals surface area contributed by atoms with Gasteiger partial charge in [-0.15, -0.1) is 0 Å². The molecule has 0 radical (unpaired) electrons. The molecule has 1 N–H and O–H groups in total. The highest BCUT2D eigenvalue weighted by atomic mass is 79.9. The molecule has 0 saturated heterocycles. The van der Waals surface area contributed by atoms with Gasteiger partial charge in [-0.05, 0) is 52.7 Å². The molecule has 1 amide bonds. The van der Waals surface area contributed by atoms with Gasteiger partial charge in [-0.2, -0.15) is 0 Å². The van der Waals surface area contributed by atoms with Crippen LogP contribution < -0.4 is 5.32 Å². The van der Waals surface area contributed by atoms with E-state index in [0.29, 0.717) is 10.0 Å². The summed E-state index contributed by atoms with van der Waals surface area (Å²) in [7, 11) is 0. The number of benzene rings is 2. The molecular weight excluding hydrogens is 389 g/mol. The predicted octanol–water partition coefficient (Wildman–Crippen LogP) is 5.30. The monoisotopic (exact) mass is 399 g/mol. The lowest BCUT2D eigenvalue weighted by Crippen LogP contribution is -2.14. The van der Waals surface area contributed by atoms with Gasteiger partial charge in [0.15, 0.2) is 0 Å². The zero-order chi connectivity index (χ0) is 14.7. The highest BCUT2D eigenvalue weighted by Crippen LogP contribution is 2.29. The molecular formula is C15H12Br2FNO. The van der Waals surface area contributed by atoms with Gasteiger partial charge in [0.05, 0.1) is 5.56 Å². The maximum atomic E-state index is 13.0. The number of carbonyl (C=O) groups is 1. The lowest BCUT2D eigenvalue weighted by atomic mass is 10.1. The zero-order valence-corrected chi connectivity index (χ0v) is 13.8. The number of amides is 1. The Hall–Kier alpha value is -1.20. The fourth-order valence-corrected chi connectivity index (χ4v) is 2.75. The van der Waals surface area contributed by atoms with Crippen LogP contribution in [-0.4, -0.2) is 5.91 Å². The summed E-state index contributed by atoms with van der Waals surface area (Å²) >= 11 is 6.69. The number of rotatable bonds is 3. The number of halogens is 3. The average molecular weight is 401 g/mol. The summed E-state index contributed by atoms with van der Waals surface area (Å²) in [6.45, 7) is 1.98. The van der Waals surface area contributed by atoms with Crippen LogP contribution in [0.15, 0.2) is 46.9 Å². The molecule has 0 bridgehead atoms. The van der Waals surface area contributed by atoms with Crippen molar-refractivity contribution in [2.24, 2.45) is 0 Å². The minimum absolute atomic E-state index is 0.121. The van der Waals surface area contributed by atoms with E-state index in [2.05, 4.69) is 37.2 Å². The van der Waals surface area contributed by atoms with Gasteiger partial charge >= 0.3 is 0 Å². The van der Waals surface area contributed by atoms with Gasteiger partial charge in [0, 0.05) is 15.0 Å². The SMILES string of the molecule is CC(Br)c1ccccc1NC(=O)c1ccc(F)cc1Br. The average Bonchev–Trinajstić information content (AvgIpc) is 2.38. The van der Waals surface area contributed by atoms with Crippen LogP contribution >= 0.6 is 31.9 Å². The van der Waals surface area contributed by atoms with Crippen LogP contribution in [0.4, 0.5) is 10.1 Å². The van der Waals surface area contributed by atoms with Crippen LogP contribution in [0.2, 0.25) is 0 Å². The van der Waals surface area contributed by atoms with Crippen LogP contribution in [0.3, 0.4) is 0 Å². The second-order valence-corrected chi connectivity index (χ2v) is 6.51. The topological polar surface area (TPSA) is 29.1 Å². The Kier molecular flexibility index (Phi) is 4.94. The van der Waals surface area contributed by atoms with Crippen LogP contribution in [0, 0.1) is 5.82 Å². The predicted molar refractivity (Wildman–Crippen MR) is 85.8 cm³/mol. The molecule has 0 aliphatic carbocycles. The summed E-state index contributed by atoms with van der Waals surface area (Å²) in [4.78, 5) is 12.4. The zero-order valence-electron chi connectivity index (χ0n) is 10.7. The first-order valence-electron chi connectivity index (χ1n) is 5.98. The van der Waals surface area contributed by atoms with E-state index < -0.39 is 0 Å². The van der Waals surface area contributed by atoms with Gasteiger partial charge < -0.3 is 5.32 Å². The molecule has 2 aromatic carbocycles. The molecule has 1 unspecified atom stereocenters. The normalized spacial score (nSPS) is 12.0. The molecule has 0 aliphatic heterocycles. The number of hydrogen-bond donors (Lipinski definition) is 1. The number of para-hydroxylation sites is 1. The van der Waals surface area contributed by atoms with Gasteiger partial charge in [-0.1, -0.05) is 34.1 Å². The van der Waals surface area contributed by atoms with E-state index in [1.165, 1.54) is 18.2 Å². The van der Waals surface area contributed by atoms with E-state index in [0.717, 1.165) is 11.3 Å². The third-order valence-electron chi connectivity index (χ3n) is 2.81. The Bertz CT molecular complexity index is 644. The third-order valence-corrected chi connectivity index (χ3v) is 3.96. The number of hydrogen-bond acceptors (Lipinski definition) is 1. The molecule has 0 fully saturated rings. The minimum Gasteiger partial charge on any atom is -0.322 e. The lowest BCUT2D eigenvalue weighted by molar-refractivity contribution is 0.102. The maximum absolute atomic E-state index is 13.0. The Morgan fingerprint density at radius 2 is 1.95 bits per heavy atom. The van der Waals surface area contributed by atoms with Gasteiger partial charge in [-0.3, -0.25) is 4.79 Å². The summed E-state index contributed by atoms with van der Waals surface area (Å²) in [5.74, 6) is -0.666. The number of carbonyl (C=O) groups excluding carboxylic acids is 1. The van der Waals surface area contributed by atoms with E-state index in [1.807, 2.05) is 31.2 Å². The fraction of sp³-hybridized carbons (Fsp3) is 0.133. The standard InChI is InChI=1S/C15H12Br2FNO/c1-9(16)11-4-2-3-5-14(11)19-15(20)12-7-6-10(18)8-13(12)17/h2-9H,1H3,(H,19,20). The van der Waals surface area contributed by atoms with Crippen molar-refractivity contribution in [1.82, 2.24) is 0 Å². The highest BCUT2D eigenvalue weighted by Gasteiger charge is 2.14. The van der Waals surface area contributed by atoms with E-state index in [-0.39, 0.29) is 16.6 Å². The molecule has 0 heterocycles. The lowest BCUT2D eigenvalue weighted by Gasteiger charge is -2.13. The Morgan fingerprint density at radius 1 is 1.25 bits per heavy atom. The number of alkyl halides is 1. The Morgan fingerprint density at radius 3 is 2.60 bits per heavy atom. The molecule has 1 atom stereocenters. The van der Waals surface area contributed by atoms with Crippen LogP contribution in [0.25, 0.3) is 0 Å². The summed E-state index contributed by atoms with van der Waals surface area (Å²) in [6.07, 6.45) is 0. The van der Waals surface area contributed by atoms with Gasteiger partial charge in [-0.25, -0.2) is 4.39 Å². The van der Waals surface area contributed by atoms with Crippen LogP contribution in [-0.2, 0) is 0 Å². The van der Waals surface area contributed by atoms with E-state index in [9.17, 15) is 9.18 Å². The van der Waals surface area contributed by atoms with Crippen molar-refractivity contribution < 1.29 is 9.18 Å². The summed E-state index contributed by atoms with van der Waals surface area (Å²) in [5, 5.41) is 2.85. The molecule has 0 aliphatic rings. The summed E-state index contributed by atoms with van der Waals surface area (Å²) < 4.78 is 13.5. The molecule has 2 rings (SSSR count). The van der Waals surface area contributed by atoms with Crippen molar-refractivity contribution >= 4 is 43.5 Å². The van der Waals surface area contributed by atoms with Gasteiger partial charge in [0.1, 0.15) is 5.82 Å². The molecule has 104 valence electrons. The second-order valence-electron chi connectivity index (χ2n) is 4.28. The molecule has 2 aromatic rings. The molecule has 0 spiro atoms. The smallest absolute Gasteiger partial charge is 0.256 e. The van der Waals surface area contributed by atoms with Crippen molar-refractivity contribution in [3.05, 3.63) is 63.9 Å². The van der Waals surface area contributed by atoms with Gasteiger partial charge in [0.2, 0.25) is 0 Å². The third kappa shape index (κ3) is 3.46. The summed E-state index contributed by atoms with van der Waals surface area (Å²) in [6, 6.07) is 11.5. The fourth-order valence-electron chi connectivity index (χ4n) is 1.82.